The van der Waals surface area contributed by atoms with Crippen LogP contribution < -0.4 is 16.7 Å². The molecular weight excluding hydrogens is 340 g/mol. The Hall–Kier alpha value is -3.69. The number of hydrogen-bond acceptors (Lipinski definition) is 6. The minimum atomic E-state index is -0.524. The van der Waals surface area contributed by atoms with Gasteiger partial charge in [0.05, 0.1) is 12.5 Å². The Morgan fingerprint density at radius 1 is 1.31 bits per heavy atom. The van der Waals surface area contributed by atoms with Gasteiger partial charge >= 0.3 is 5.69 Å². The summed E-state index contributed by atoms with van der Waals surface area (Å²) >= 11 is 0. The predicted octanol–water partition coefficient (Wildman–Crippen LogP) is -0.710. The van der Waals surface area contributed by atoms with Gasteiger partial charge in [0.25, 0.3) is 11.5 Å². The number of aryl methyl sites for hydroxylation is 1. The summed E-state index contributed by atoms with van der Waals surface area (Å²) in [4.78, 5) is 40.2. The molecule has 0 aliphatic carbocycles. The summed E-state index contributed by atoms with van der Waals surface area (Å²) in [6, 6.07) is 6.38. The molecule has 0 aliphatic heterocycles. The smallest absolute Gasteiger partial charge is 0.332 e. The van der Waals surface area contributed by atoms with E-state index in [4.69, 9.17) is 0 Å². The number of benzene rings is 1. The standard InChI is InChI=1S/C16H16N6O4/c1-20-14-13(15(25)21(2)16(20)26)17-9-22(14)8-12(24)19-18-7-10-4-3-5-11(23)6-10/h3-7,9,23H,8H2,1-2H3,(H,19,24). The van der Waals surface area contributed by atoms with Crippen molar-refractivity contribution in [3.05, 3.63) is 57.0 Å². The molecule has 3 aromatic rings. The molecule has 10 heteroatoms. The molecule has 0 radical (unpaired) electrons. The Labute approximate surface area is 146 Å². The highest BCUT2D eigenvalue weighted by Crippen LogP contribution is 2.08. The fourth-order valence-electron chi connectivity index (χ4n) is 2.53. The Kier molecular flexibility index (Phi) is 4.40. The minimum Gasteiger partial charge on any atom is -0.508 e. The number of amides is 1. The molecule has 0 saturated carbocycles. The maximum Gasteiger partial charge on any atom is 0.332 e. The second-order valence-electron chi connectivity index (χ2n) is 5.64. The highest BCUT2D eigenvalue weighted by Gasteiger charge is 2.15. The maximum absolute atomic E-state index is 12.1. The molecule has 26 heavy (non-hydrogen) atoms. The number of aromatic nitrogens is 4. The van der Waals surface area contributed by atoms with E-state index in [1.165, 1.54) is 47.9 Å². The number of carbonyl (C=O) groups excluding carboxylic acids is 1. The molecule has 134 valence electrons. The van der Waals surface area contributed by atoms with Gasteiger partial charge in [-0.2, -0.15) is 5.10 Å². The van der Waals surface area contributed by atoms with Crippen LogP contribution in [0.3, 0.4) is 0 Å². The topological polar surface area (TPSA) is 124 Å². The zero-order valence-electron chi connectivity index (χ0n) is 14.1. The van der Waals surface area contributed by atoms with Crippen molar-refractivity contribution in [1.29, 1.82) is 0 Å². The summed E-state index contributed by atoms with van der Waals surface area (Å²) in [5.74, 6) is -0.374. The SMILES string of the molecule is Cn1c(=O)c2ncn(CC(=O)NN=Cc3cccc(O)c3)c2n(C)c1=O. The third-order valence-electron chi connectivity index (χ3n) is 3.80. The van der Waals surface area contributed by atoms with E-state index in [0.29, 0.717) is 5.56 Å². The maximum atomic E-state index is 12.1. The average Bonchev–Trinajstić information content (AvgIpc) is 3.02. The second kappa shape index (κ2) is 6.67. The molecule has 0 spiro atoms. The molecule has 1 amide bonds. The lowest BCUT2D eigenvalue weighted by atomic mass is 10.2. The number of rotatable bonds is 4. The van der Waals surface area contributed by atoms with Crippen molar-refractivity contribution in [3.8, 4) is 5.75 Å². The van der Waals surface area contributed by atoms with Crippen molar-refractivity contribution in [1.82, 2.24) is 24.1 Å². The number of carbonyl (C=O) groups is 1. The van der Waals surface area contributed by atoms with Gasteiger partial charge in [-0.1, -0.05) is 12.1 Å². The summed E-state index contributed by atoms with van der Waals surface area (Å²) in [6.07, 6.45) is 2.71. The van der Waals surface area contributed by atoms with Crippen LogP contribution in [0, 0.1) is 0 Å². The molecule has 3 rings (SSSR count). The zero-order valence-corrected chi connectivity index (χ0v) is 14.1. The first-order valence-electron chi connectivity index (χ1n) is 7.60. The average molecular weight is 356 g/mol. The van der Waals surface area contributed by atoms with E-state index >= 15 is 0 Å². The predicted molar refractivity (Wildman–Crippen MR) is 94.1 cm³/mol. The van der Waals surface area contributed by atoms with E-state index in [2.05, 4.69) is 15.5 Å². The van der Waals surface area contributed by atoms with Crippen molar-refractivity contribution in [3.63, 3.8) is 0 Å². The van der Waals surface area contributed by atoms with Crippen LogP contribution >= 0.6 is 0 Å². The molecular formula is C16H16N6O4. The summed E-state index contributed by atoms with van der Waals surface area (Å²) in [6.45, 7) is -0.172. The molecule has 2 heterocycles. The Balaban J connectivity index is 1.80. The highest BCUT2D eigenvalue weighted by atomic mass is 16.3. The van der Waals surface area contributed by atoms with Crippen molar-refractivity contribution >= 4 is 23.3 Å². The monoisotopic (exact) mass is 356 g/mol. The van der Waals surface area contributed by atoms with Gasteiger partial charge in [-0.25, -0.2) is 15.2 Å². The first-order chi connectivity index (χ1) is 12.4. The lowest BCUT2D eigenvalue weighted by Crippen LogP contribution is -2.37. The van der Waals surface area contributed by atoms with E-state index in [1.807, 2.05) is 0 Å². The van der Waals surface area contributed by atoms with Gasteiger partial charge < -0.3 is 9.67 Å². The number of phenols is 1. The number of phenolic OH excluding ortho intramolecular Hbond substituents is 1. The van der Waals surface area contributed by atoms with Crippen molar-refractivity contribution in [2.75, 3.05) is 0 Å². The molecule has 0 aliphatic rings. The van der Waals surface area contributed by atoms with E-state index in [1.54, 1.807) is 12.1 Å². The van der Waals surface area contributed by atoms with Crippen molar-refractivity contribution in [2.45, 2.75) is 6.54 Å². The quantitative estimate of drug-likeness (QED) is 0.472. The minimum absolute atomic E-state index is 0.0904. The van der Waals surface area contributed by atoms with E-state index < -0.39 is 17.2 Å². The highest BCUT2D eigenvalue weighted by molar-refractivity contribution is 5.83. The second-order valence-corrected chi connectivity index (χ2v) is 5.64. The summed E-state index contributed by atoms with van der Waals surface area (Å²) in [7, 11) is 2.87. The van der Waals surface area contributed by atoms with E-state index in [-0.39, 0.29) is 23.5 Å². The molecule has 1 aromatic carbocycles. The fraction of sp³-hybridized carbons (Fsp3) is 0.188. The van der Waals surface area contributed by atoms with Gasteiger partial charge in [0.1, 0.15) is 17.9 Å². The number of nitrogens with zero attached hydrogens (tertiary/aromatic N) is 5. The number of nitrogens with one attached hydrogen (secondary N) is 1. The largest absolute Gasteiger partial charge is 0.508 e. The molecule has 0 atom stereocenters. The Morgan fingerprint density at radius 2 is 2.08 bits per heavy atom. The summed E-state index contributed by atoms with van der Waals surface area (Å²) in [5, 5.41) is 13.2. The normalized spacial score (nSPS) is 11.3. The first kappa shape index (κ1) is 17.1. The molecule has 0 fully saturated rings. The summed E-state index contributed by atoms with van der Waals surface area (Å²) < 4.78 is 3.61. The summed E-state index contributed by atoms with van der Waals surface area (Å²) in [5.41, 5.74) is 2.28. The van der Waals surface area contributed by atoms with E-state index in [9.17, 15) is 19.5 Å². The molecule has 0 saturated heterocycles. The van der Waals surface area contributed by atoms with Crippen molar-refractivity contribution < 1.29 is 9.90 Å². The van der Waals surface area contributed by atoms with Gasteiger partial charge in [0.2, 0.25) is 0 Å². The first-order valence-corrected chi connectivity index (χ1v) is 7.60. The molecule has 0 unspecified atom stereocenters. The van der Waals surface area contributed by atoms with Crippen LogP contribution in [0.2, 0.25) is 0 Å². The van der Waals surface area contributed by atoms with Crippen LogP contribution in [0.1, 0.15) is 5.56 Å². The molecule has 2 aromatic heterocycles. The van der Waals surface area contributed by atoms with Gasteiger partial charge in [0, 0.05) is 14.1 Å². The Bertz CT molecular complexity index is 1140. The lowest BCUT2D eigenvalue weighted by Gasteiger charge is -2.07. The van der Waals surface area contributed by atoms with Gasteiger partial charge in [-0.3, -0.25) is 18.7 Å². The van der Waals surface area contributed by atoms with Crippen LogP contribution in [0.4, 0.5) is 0 Å². The van der Waals surface area contributed by atoms with Crippen molar-refractivity contribution in [2.24, 2.45) is 19.2 Å². The number of hydrogen-bond donors (Lipinski definition) is 2. The lowest BCUT2D eigenvalue weighted by molar-refractivity contribution is -0.121. The molecule has 2 N–H and O–H groups in total. The van der Waals surface area contributed by atoms with Gasteiger partial charge in [-0.05, 0) is 17.7 Å². The van der Waals surface area contributed by atoms with Crippen LogP contribution in [0.15, 0.2) is 45.3 Å². The number of fused-ring (bicyclic) bond motifs is 1. The van der Waals surface area contributed by atoms with E-state index in [0.717, 1.165) is 4.57 Å². The van der Waals surface area contributed by atoms with Crippen LogP contribution in [0.5, 0.6) is 5.75 Å². The number of aromatic hydroxyl groups is 1. The third-order valence-corrected chi connectivity index (χ3v) is 3.80. The zero-order chi connectivity index (χ0) is 18.8. The third kappa shape index (κ3) is 3.11. The molecule has 10 nitrogen and oxygen atoms in total. The number of imidazole rings is 1. The number of hydrazone groups is 1. The van der Waals surface area contributed by atoms with Gasteiger partial charge in [0.15, 0.2) is 5.52 Å². The van der Waals surface area contributed by atoms with Crippen LogP contribution in [-0.2, 0) is 25.4 Å². The van der Waals surface area contributed by atoms with Crippen LogP contribution in [-0.4, -0.2) is 35.9 Å². The van der Waals surface area contributed by atoms with Gasteiger partial charge in [-0.15, -0.1) is 0 Å². The molecule has 0 bridgehead atoms. The fourth-order valence-corrected chi connectivity index (χ4v) is 2.53. The Morgan fingerprint density at radius 3 is 2.81 bits per heavy atom. The van der Waals surface area contributed by atoms with Crippen LogP contribution in [0.25, 0.3) is 11.2 Å².